The Hall–Kier alpha value is -1.84. The predicted molar refractivity (Wildman–Crippen MR) is 106 cm³/mol. The standard InChI is InChI=1S/C19H23NS.C2H4O/c1-20(13-10-16-6-3-2-4-7-16)14-11-17-8-5-9-19-18(17)12-15-21-19;1-2-3/h2-4,6-7,11-12,15H,5,8-10,13-14H2,1H3;2-3H,1H2/b17-11+;. The topological polar surface area (TPSA) is 23.5 Å². The van der Waals surface area contributed by atoms with Crippen molar-refractivity contribution in [3.05, 3.63) is 76.7 Å². The highest BCUT2D eigenvalue weighted by Crippen LogP contribution is 2.33. The number of likely N-dealkylation sites (N-methyl/N-ethyl adjacent to an activating group) is 1. The summed E-state index contributed by atoms with van der Waals surface area (Å²) in [7, 11) is 2.22. The third kappa shape index (κ3) is 5.66. The molecule has 3 heteroatoms. The first kappa shape index (κ1) is 18.5. The Labute approximate surface area is 149 Å². The second-order valence-corrected chi connectivity index (χ2v) is 7.02. The Morgan fingerprint density at radius 3 is 2.71 bits per heavy atom. The molecule has 0 saturated carbocycles. The van der Waals surface area contributed by atoms with Crippen LogP contribution < -0.4 is 0 Å². The first-order valence-corrected chi connectivity index (χ1v) is 9.36. The molecular formula is C21H27NOS. The highest BCUT2D eigenvalue weighted by atomic mass is 32.1. The first-order chi connectivity index (χ1) is 11.7. The molecular weight excluding hydrogens is 314 g/mol. The van der Waals surface area contributed by atoms with Crippen LogP contribution in [0.1, 0.15) is 28.8 Å². The van der Waals surface area contributed by atoms with Crippen LogP contribution in [-0.4, -0.2) is 30.1 Å². The van der Waals surface area contributed by atoms with E-state index in [9.17, 15) is 0 Å². The van der Waals surface area contributed by atoms with Crippen LogP contribution in [0.15, 0.2) is 60.7 Å². The fraction of sp³-hybridized carbons (Fsp3) is 0.333. The SMILES string of the molecule is C=CO.CN(C/C=C1\CCCc2sccc21)CCc1ccccc1. The van der Waals surface area contributed by atoms with Crippen LogP contribution in [-0.2, 0) is 12.8 Å². The zero-order chi connectivity index (χ0) is 17.2. The third-order valence-electron chi connectivity index (χ3n) is 4.22. The van der Waals surface area contributed by atoms with Crippen LogP contribution in [0.2, 0.25) is 0 Å². The van der Waals surface area contributed by atoms with Crippen molar-refractivity contribution in [1.29, 1.82) is 0 Å². The lowest BCUT2D eigenvalue weighted by molar-refractivity contribution is 0.375. The lowest BCUT2D eigenvalue weighted by atomic mass is 9.93. The number of aliphatic hydroxyl groups excluding tert-OH is 1. The molecule has 2 aromatic rings. The van der Waals surface area contributed by atoms with Crippen molar-refractivity contribution in [2.75, 3.05) is 20.1 Å². The predicted octanol–water partition coefficient (Wildman–Crippen LogP) is 5.33. The van der Waals surface area contributed by atoms with Gasteiger partial charge in [0, 0.05) is 18.0 Å². The minimum Gasteiger partial charge on any atom is -0.516 e. The van der Waals surface area contributed by atoms with Crippen LogP contribution in [0.4, 0.5) is 0 Å². The largest absolute Gasteiger partial charge is 0.516 e. The molecule has 0 radical (unpaired) electrons. The summed E-state index contributed by atoms with van der Waals surface area (Å²) in [5.74, 6) is 0. The molecule has 1 aromatic heterocycles. The minimum absolute atomic E-state index is 0.750. The molecule has 0 saturated heterocycles. The van der Waals surface area contributed by atoms with Crippen molar-refractivity contribution in [3.63, 3.8) is 0 Å². The van der Waals surface area contributed by atoms with E-state index in [1.165, 1.54) is 30.4 Å². The van der Waals surface area contributed by atoms with Gasteiger partial charge in [0.25, 0.3) is 0 Å². The number of aliphatic hydroxyl groups is 1. The molecule has 0 spiro atoms. The van der Waals surface area contributed by atoms with Crippen molar-refractivity contribution < 1.29 is 5.11 Å². The minimum atomic E-state index is 0.750. The summed E-state index contributed by atoms with van der Waals surface area (Å²) in [5.41, 5.74) is 4.50. The molecule has 0 aliphatic heterocycles. The molecule has 3 rings (SSSR count). The van der Waals surface area contributed by atoms with Gasteiger partial charge in [0.1, 0.15) is 0 Å². The van der Waals surface area contributed by atoms with E-state index in [1.54, 1.807) is 10.5 Å². The van der Waals surface area contributed by atoms with Gasteiger partial charge in [-0.1, -0.05) is 43.0 Å². The molecule has 1 N–H and O–H groups in total. The first-order valence-electron chi connectivity index (χ1n) is 8.48. The molecule has 0 fully saturated rings. The van der Waals surface area contributed by atoms with Crippen molar-refractivity contribution in [2.24, 2.45) is 0 Å². The number of rotatable bonds is 5. The Bertz CT molecular complexity index is 645. The number of aryl methyl sites for hydroxylation is 1. The summed E-state index contributed by atoms with van der Waals surface area (Å²) in [6.07, 6.45) is 8.15. The molecule has 24 heavy (non-hydrogen) atoms. The molecule has 128 valence electrons. The van der Waals surface area contributed by atoms with Gasteiger partial charge in [0.15, 0.2) is 0 Å². The number of nitrogens with zero attached hydrogens (tertiary/aromatic N) is 1. The fourth-order valence-electron chi connectivity index (χ4n) is 2.93. The van der Waals surface area contributed by atoms with E-state index in [0.717, 1.165) is 25.8 Å². The second kappa shape index (κ2) is 10.1. The van der Waals surface area contributed by atoms with Crippen molar-refractivity contribution >= 4 is 16.9 Å². The quantitative estimate of drug-likeness (QED) is 0.743. The molecule has 1 heterocycles. The van der Waals surface area contributed by atoms with Gasteiger partial charge >= 0.3 is 0 Å². The molecule has 1 aliphatic rings. The summed E-state index contributed by atoms with van der Waals surface area (Å²) in [4.78, 5) is 4.00. The van der Waals surface area contributed by atoms with Gasteiger partial charge in [-0.2, -0.15) is 0 Å². The summed E-state index contributed by atoms with van der Waals surface area (Å²) >= 11 is 1.92. The average Bonchev–Trinajstić information content (AvgIpc) is 3.09. The number of hydrogen-bond donors (Lipinski definition) is 1. The van der Waals surface area contributed by atoms with Gasteiger partial charge in [-0.3, -0.25) is 0 Å². The molecule has 2 nitrogen and oxygen atoms in total. The second-order valence-electron chi connectivity index (χ2n) is 6.02. The van der Waals surface area contributed by atoms with Gasteiger partial charge in [-0.15, -0.1) is 11.3 Å². The van der Waals surface area contributed by atoms with Crippen molar-refractivity contribution in [2.45, 2.75) is 25.7 Å². The van der Waals surface area contributed by atoms with E-state index in [1.807, 2.05) is 11.3 Å². The molecule has 1 aromatic carbocycles. The molecule has 1 aliphatic carbocycles. The summed E-state index contributed by atoms with van der Waals surface area (Å²) in [5, 5.41) is 9.57. The maximum atomic E-state index is 7.33. The lowest BCUT2D eigenvalue weighted by Crippen LogP contribution is -2.21. The van der Waals surface area contributed by atoms with Crippen LogP contribution in [0.3, 0.4) is 0 Å². The zero-order valence-electron chi connectivity index (χ0n) is 14.4. The molecule has 0 amide bonds. The van der Waals surface area contributed by atoms with Crippen LogP contribution in [0.25, 0.3) is 5.57 Å². The van der Waals surface area contributed by atoms with Gasteiger partial charge in [0.05, 0.1) is 6.26 Å². The number of thiophene rings is 1. The Balaban J connectivity index is 0.000000647. The van der Waals surface area contributed by atoms with Gasteiger partial charge in [-0.25, -0.2) is 0 Å². The maximum Gasteiger partial charge on any atom is 0.0719 e. The summed E-state index contributed by atoms with van der Waals surface area (Å²) in [6.45, 7) is 5.09. The summed E-state index contributed by atoms with van der Waals surface area (Å²) in [6, 6.07) is 13.1. The van der Waals surface area contributed by atoms with E-state index in [4.69, 9.17) is 5.11 Å². The highest BCUT2D eigenvalue weighted by molar-refractivity contribution is 7.10. The smallest absolute Gasteiger partial charge is 0.0719 e. The number of fused-ring (bicyclic) bond motifs is 1. The van der Waals surface area contributed by atoms with Gasteiger partial charge in [0.2, 0.25) is 0 Å². The average molecular weight is 342 g/mol. The monoisotopic (exact) mass is 341 g/mol. The zero-order valence-corrected chi connectivity index (χ0v) is 15.3. The maximum absolute atomic E-state index is 7.33. The van der Waals surface area contributed by atoms with Gasteiger partial charge in [-0.05, 0) is 60.9 Å². The van der Waals surface area contributed by atoms with E-state index in [2.05, 4.69) is 66.4 Å². The van der Waals surface area contributed by atoms with Gasteiger partial charge < -0.3 is 10.0 Å². The van der Waals surface area contributed by atoms with Crippen LogP contribution in [0.5, 0.6) is 0 Å². The number of hydrogen-bond acceptors (Lipinski definition) is 3. The van der Waals surface area contributed by atoms with E-state index in [-0.39, 0.29) is 0 Å². The third-order valence-corrected chi connectivity index (χ3v) is 5.20. The number of allylic oxidation sites excluding steroid dienone is 1. The Kier molecular flexibility index (Phi) is 7.80. The lowest BCUT2D eigenvalue weighted by Gasteiger charge is -2.18. The normalized spacial score (nSPS) is 14.8. The van der Waals surface area contributed by atoms with Crippen molar-refractivity contribution in [3.8, 4) is 0 Å². The van der Waals surface area contributed by atoms with Crippen LogP contribution in [0, 0.1) is 0 Å². The van der Waals surface area contributed by atoms with E-state index in [0.29, 0.717) is 0 Å². The molecule has 0 atom stereocenters. The highest BCUT2D eigenvalue weighted by Gasteiger charge is 2.14. The van der Waals surface area contributed by atoms with E-state index >= 15 is 0 Å². The fourth-order valence-corrected chi connectivity index (χ4v) is 3.89. The Morgan fingerprint density at radius 2 is 1.96 bits per heavy atom. The van der Waals surface area contributed by atoms with Crippen LogP contribution >= 0.6 is 11.3 Å². The number of benzene rings is 1. The Morgan fingerprint density at radius 1 is 1.21 bits per heavy atom. The molecule has 0 unspecified atom stereocenters. The summed E-state index contributed by atoms with van der Waals surface area (Å²) < 4.78 is 0. The molecule has 0 bridgehead atoms. The van der Waals surface area contributed by atoms with Crippen molar-refractivity contribution in [1.82, 2.24) is 4.90 Å². The van der Waals surface area contributed by atoms with E-state index < -0.39 is 0 Å².